The van der Waals surface area contributed by atoms with Crippen molar-refractivity contribution in [1.82, 2.24) is 10.3 Å². The average Bonchev–Trinajstić information content (AvgIpc) is 2.83. The van der Waals surface area contributed by atoms with Crippen molar-refractivity contribution >= 4 is 0 Å². The number of hydrogen-bond donors (Lipinski definition) is 3. The van der Waals surface area contributed by atoms with Gasteiger partial charge >= 0.3 is 0 Å². The Balaban J connectivity index is 1.71. The van der Waals surface area contributed by atoms with E-state index in [-0.39, 0.29) is 0 Å². The summed E-state index contributed by atoms with van der Waals surface area (Å²) in [5.74, 6) is 0.832. The van der Waals surface area contributed by atoms with Crippen LogP contribution in [0.25, 0.3) is 0 Å². The molecule has 0 amide bonds. The van der Waals surface area contributed by atoms with Gasteiger partial charge in [-0.05, 0) is 43.7 Å². The fourth-order valence-electron chi connectivity index (χ4n) is 2.71. The first-order valence-corrected chi connectivity index (χ1v) is 6.77. The maximum Gasteiger partial charge on any atom is 0.0771 e. The largest absolute Gasteiger partial charge is 0.389 e. The molecule has 1 saturated carbocycles. The molecule has 3 nitrogen and oxygen atoms in total. The number of aliphatic hydroxyl groups is 1. The standard InChI is InChI=1S/C14H24N2O/c1-2-12-5-7-14(17,8-6-12)11-15-10-13-4-3-9-16-13/h3-4,9,12,15-17H,2,5-8,10-11H2,1H3. The Kier molecular flexibility index (Phi) is 4.24. The van der Waals surface area contributed by atoms with Crippen molar-refractivity contribution in [2.45, 2.75) is 51.2 Å². The highest BCUT2D eigenvalue weighted by Gasteiger charge is 2.31. The Morgan fingerprint density at radius 2 is 2.24 bits per heavy atom. The lowest BCUT2D eigenvalue weighted by Gasteiger charge is -2.36. The molecule has 0 unspecified atom stereocenters. The van der Waals surface area contributed by atoms with Crippen LogP contribution in [0.1, 0.15) is 44.7 Å². The monoisotopic (exact) mass is 236 g/mol. The number of aromatic nitrogens is 1. The lowest BCUT2D eigenvalue weighted by Crippen LogP contribution is -2.43. The first-order valence-electron chi connectivity index (χ1n) is 6.77. The number of aromatic amines is 1. The van der Waals surface area contributed by atoms with Gasteiger partial charge in [-0.25, -0.2) is 0 Å². The zero-order valence-corrected chi connectivity index (χ0v) is 10.7. The van der Waals surface area contributed by atoms with Crippen LogP contribution >= 0.6 is 0 Å². The van der Waals surface area contributed by atoms with Crippen LogP contribution in [0.2, 0.25) is 0 Å². The number of rotatable bonds is 5. The summed E-state index contributed by atoms with van der Waals surface area (Å²) in [7, 11) is 0. The van der Waals surface area contributed by atoms with Crippen LogP contribution in [0.4, 0.5) is 0 Å². The molecule has 0 aromatic carbocycles. The number of H-pyrrole nitrogens is 1. The minimum atomic E-state index is -0.474. The van der Waals surface area contributed by atoms with E-state index in [4.69, 9.17) is 0 Å². The molecule has 1 aromatic rings. The fraction of sp³-hybridized carbons (Fsp3) is 0.714. The minimum absolute atomic E-state index is 0.474. The van der Waals surface area contributed by atoms with Crippen molar-refractivity contribution in [3.63, 3.8) is 0 Å². The van der Waals surface area contributed by atoms with Crippen molar-refractivity contribution < 1.29 is 5.11 Å². The second-order valence-electron chi connectivity index (χ2n) is 5.37. The van der Waals surface area contributed by atoms with Gasteiger partial charge in [-0.3, -0.25) is 0 Å². The smallest absolute Gasteiger partial charge is 0.0771 e. The molecule has 1 aromatic heterocycles. The average molecular weight is 236 g/mol. The molecule has 1 heterocycles. The lowest BCUT2D eigenvalue weighted by molar-refractivity contribution is -0.00885. The molecular formula is C14H24N2O. The summed E-state index contributed by atoms with van der Waals surface area (Å²) < 4.78 is 0. The summed E-state index contributed by atoms with van der Waals surface area (Å²) >= 11 is 0. The SMILES string of the molecule is CCC1CCC(O)(CNCc2ccc[nH]2)CC1. The number of nitrogens with one attached hydrogen (secondary N) is 2. The molecule has 0 spiro atoms. The Morgan fingerprint density at radius 3 is 2.82 bits per heavy atom. The van der Waals surface area contributed by atoms with E-state index in [1.807, 2.05) is 12.3 Å². The Morgan fingerprint density at radius 1 is 1.47 bits per heavy atom. The van der Waals surface area contributed by atoms with Crippen LogP contribution in [-0.2, 0) is 6.54 Å². The van der Waals surface area contributed by atoms with E-state index >= 15 is 0 Å². The maximum atomic E-state index is 10.4. The second-order valence-corrected chi connectivity index (χ2v) is 5.37. The van der Waals surface area contributed by atoms with E-state index in [1.165, 1.54) is 25.0 Å². The third-order valence-corrected chi connectivity index (χ3v) is 4.05. The van der Waals surface area contributed by atoms with E-state index < -0.39 is 5.60 Å². The van der Waals surface area contributed by atoms with E-state index in [0.717, 1.165) is 25.3 Å². The number of hydrogen-bond acceptors (Lipinski definition) is 2. The van der Waals surface area contributed by atoms with E-state index in [1.54, 1.807) is 0 Å². The Hall–Kier alpha value is -0.800. The van der Waals surface area contributed by atoms with E-state index in [0.29, 0.717) is 6.54 Å². The lowest BCUT2D eigenvalue weighted by atomic mass is 9.78. The van der Waals surface area contributed by atoms with Gasteiger partial charge in [-0.2, -0.15) is 0 Å². The van der Waals surface area contributed by atoms with Crippen LogP contribution in [0.3, 0.4) is 0 Å². The highest BCUT2D eigenvalue weighted by molar-refractivity contribution is 5.03. The van der Waals surface area contributed by atoms with Gasteiger partial charge in [-0.1, -0.05) is 13.3 Å². The van der Waals surface area contributed by atoms with Crippen molar-refractivity contribution in [3.05, 3.63) is 24.0 Å². The molecule has 1 aliphatic rings. The zero-order valence-electron chi connectivity index (χ0n) is 10.7. The highest BCUT2D eigenvalue weighted by Crippen LogP contribution is 2.33. The normalized spacial score (nSPS) is 29.4. The van der Waals surface area contributed by atoms with Gasteiger partial charge in [0.2, 0.25) is 0 Å². The van der Waals surface area contributed by atoms with Gasteiger partial charge < -0.3 is 15.4 Å². The first kappa shape index (κ1) is 12.7. The molecule has 0 atom stereocenters. The van der Waals surface area contributed by atoms with Crippen molar-refractivity contribution in [2.24, 2.45) is 5.92 Å². The molecule has 2 rings (SSSR count). The molecular weight excluding hydrogens is 212 g/mol. The minimum Gasteiger partial charge on any atom is -0.389 e. The predicted molar refractivity (Wildman–Crippen MR) is 69.7 cm³/mol. The maximum absolute atomic E-state index is 10.4. The van der Waals surface area contributed by atoms with Crippen molar-refractivity contribution in [3.8, 4) is 0 Å². The Labute approximate surface area is 104 Å². The van der Waals surface area contributed by atoms with Crippen LogP contribution in [0.15, 0.2) is 18.3 Å². The summed E-state index contributed by atoms with van der Waals surface area (Å²) in [6.07, 6.45) is 7.44. The fourth-order valence-corrected chi connectivity index (χ4v) is 2.71. The predicted octanol–water partition coefficient (Wildman–Crippen LogP) is 2.44. The van der Waals surface area contributed by atoms with Crippen LogP contribution < -0.4 is 5.32 Å². The van der Waals surface area contributed by atoms with Crippen LogP contribution in [-0.4, -0.2) is 22.2 Å². The van der Waals surface area contributed by atoms with Crippen molar-refractivity contribution in [1.29, 1.82) is 0 Å². The quantitative estimate of drug-likeness (QED) is 0.735. The molecule has 1 aliphatic carbocycles. The molecule has 96 valence electrons. The third kappa shape index (κ3) is 3.58. The summed E-state index contributed by atoms with van der Waals surface area (Å²) in [5.41, 5.74) is 0.703. The summed E-state index contributed by atoms with van der Waals surface area (Å²) in [6, 6.07) is 4.06. The molecule has 1 fully saturated rings. The zero-order chi connectivity index (χ0) is 12.1. The van der Waals surface area contributed by atoms with Gasteiger partial charge in [0.15, 0.2) is 0 Å². The molecule has 3 N–H and O–H groups in total. The van der Waals surface area contributed by atoms with Crippen molar-refractivity contribution in [2.75, 3.05) is 6.54 Å². The Bertz CT molecular complexity index is 313. The molecule has 0 aliphatic heterocycles. The summed E-state index contributed by atoms with van der Waals surface area (Å²) in [4.78, 5) is 3.16. The topological polar surface area (TPSA) is 48.0 Å². The van der Waals surface area contributed by atoms with Crippen LogP contribution in [0.5, 0.6) is 0 Å². The van der Waals surface area contributed by atoms with Gasteiger partial charge in [0.05, 0.1) is 5.60 Å². The van der Waals surface area contributed by atoms with Gasteiger partial charge in [-0.15, -0.1) is 0 Å². The van der Waals surface area contributed by atoms with Crippen LogP contribution in [0, 0.1) is 5.92 Å². The third-order valence-electron chi connectivity index (χ3n) is 4.05. The molecule has 0 radical (unpaired) electrons. The van der Waals surface area contributed by atoms with Gasteiger partial charge in [0, 0.05) is 25.0 Å². The molecule has 0 bridgehead atoms. The van der Waals surface area contributed by atoms with Gasteiger partial charge in [0.25, 0.3) is 0 Å². The summed E-state index contributed by atoms with van der Waals surface area (Å²) in [6.45, 7) is 3.77. The van der Waals surface area contributed by atoms with E-state index in [9.17, 15) is 5.11 Å². The van der Waals surface area contributed by atoms with E-state index in [2.05, 4.69) is 23.3 Å². The second kappa shape index (κ2) is 5.69. The molecule has 0 saturated heterocycles. The highest BCUT2D eigenvalue weighted by atomic mass is 16.3. The molecule has 3 heteroatoms. The van der Waals surface area contributed by atoms with Gasteiger partial charge in [0.1, 0.15) is 0 Å². The first-order chi connectivity index (χ1) is 8.22. The molecule has 17 heavy (non-hydrogen) atoms. The summed E-state index contributed by atoms with van der Waals surface area (Å²) in [5, 5.41) is 13.8.